The van der Waals surface area contributed by atoms with Gasteiger partial charge in [-0.15, -0.1) is 11.3 Å². The highest BCUT2D eigenvalue weighted by Gasteiger charge is 2.07. The average molecular weight is 183 g/mol. The maximum Gasteiger partial charge on any atom is 0.141 e. The number of halogens is 1. The lowest BCUT2D eigenvalue weighted by molar-refractivity contribution is 0.480. The second-order valence-corrected chi connectivity index (χ2v) is 3.54. The normalized spacial score (nSPS) is 10.8. The number of phenolic OH excluding ortho intramolecular Hbond substituents is 1. The molecule has 1 heterocycles. The minimum atomic E-state index is -0.343. The summed E-state index contributed by atoms with van der Waals surface area (Å²) in [5, 5.41) is 10.3. The lowest BCUT2D eigenvalue weighted by Gasteiger charge is -1.93. The summed E-state index contributed by atoms with van der Waals surface area (Å²) >= 11 is 1.14. The lowest BCUT2D eigenvalue weighted by Crippen LogP contribution is -1.73. The van der Waals surface area contributed by atoms with Crippen LogP contribution in [0, 0.1) is 5.82 Å². The van der Waals surface area contributed by atoms with Crippen LogP contribution in [-0.4, -0.2) is 5.11 Å². The smallest absolute Gasteiger partial charge is 0.141 e. The summed E-state index contributed by atoms with van der Waals surface area (Å²) in [7, 11) is 0. The van der Waals surface area contributed by atoms with Crippen molar-refractivity contribution in [3.05, 3.63) is 24.0 Å². The second kappa shape index (κ2) is 2.35. The van der Waals surface area contributed by atoms with Crippen LogP contribution < -0.4 is 5.73 Å². The molecule has 1 aromatic carbocycles. The minimum Gasteiger partial charge on any atom is -0.507 e. The van der Waals surface area contributed by atoms with Gasteiger partial charge in [-0.2, -0.15) is 0 Å². The summed E-state index contributed by atoms with van der Waals surface area (Å²) < 4.78 is 13.4. The third kappa shape index (κ3) is 0.921. The Morgan fingerprint density at radius 1 is 1.42 bits per heavy atom. The number of fused-ring (bicyclic) bond motifs is 1. The van der Waals surface area contributed by atoms with Crippen LogP contribution in [0.3, 0.4) is 0 Å². The molecular weight excluding hydrogens is 177 g/mol. The molecule has 2 nitrogen and oxygen atoms in total. The van der Waals surface area contributed by atoms with E-state index in [0.717, 1.165) is 11.3 Å². The number of hydrogen-bond donors (Lipinski definition) is 2. The predicted molar refractivity (Wildman–Crippen MR) is 47.9 cm³/mol. The molecule has 0 aliphatic carbocycles. The first-order chi connectivity index (χ1) is 5.68. The summed E-state index contributed by atoms with van der Waals surface area (Å²) in [6.45, 7) is 0. The molecule has 62 valence electrons. The standard InChI is InChI=1S/C8H6FNOS/c9-5-1-2-6(11)4-3-7(10)12-8(4)5/h1-3,11H,10H2. The van der Waals surface area contributed by atoms with Gasteiger partial charge in [-0.3, -0.25) is 0 Å². The zero-order chi connectivity index (χ0) is 8.72. The zero-order valence-corrected chi connectivity index (χ0v) is 6.86. The van der Waals surface area contributed by atoms with Gasteiger partial charge in [0.15, 0.2) is 0 Å². The van der Waals surface area contributed by atoms with Crippen LogP contribution in [0.25, 0.3) is 10.1 Å². The van der Waals surface area contributed by atoms with E-state index in [1.54, 1.807) is 6.07 Å². The fourth-order valence-corrected chi connectivity index (χ4v) is 1.95. The van der Waals surface area contributed by atoms with Gasteiger partial charge in [0.25, 0.3) is 0 Å². The number of nitrogens with two attached hydrogens (primary N) is 1. The first-order valence-electron chi connectivity index (χ1n) is 3.35. The molecule has 2 rings (SSSR count). The number of benzene rings is 1. The van der Waals surface area contributed by atoms with Gasteiger partial charge in [-0.05, 0) is 18.2 Å². The summed E-state index contributed by atoms with van der Waals surface area (Å²) in [6, 6.07) is 4.12. The molecule has 0 fully saturated rings. The maximum absolute atomic E-state index is 13.0. The Bertz CT molecular complexity index is 399. The SMILES string of the molecule is Nc1cc2c(O)ccc(F)c2s1. The van der Waals surface area contributed by atoms with E-state index < -0.39 is 0 Å². The first kappa shape index (κ1) is 7.36. The Kier molecular flexibility index (Phi) is 1.44. The minimum absolute atomic E-state index is 0.0688. The second-order valence-electron chi connectivity index (χ2n) is 2.46. The van der Waals surface area contributed by atoms with Gasteiger partial charge in [0.1, 0.15) is 11.6 Å². The molecule has 0 saturated heterocycles. The van der Waals surface area contributed by atoms with E-state index >= 15 is 0 Å². The molecule has 3 N–H and O–H groups in total. The highest BCUT2D eigenvalue weighted by Crippen LogP contribution is 2.35. The Morgan fingerprint density at radius 3 is 2.83 bits per heavy atom. The summed E-state index contributed by atoms with van der Waals surface area (Å²) in [4.78, 5) is 0. The van der Waals surface area contributed by atoms with Gasteiger partial charge in [0, 0.05) is 5.39 Å². The molecule has 0 atom stereocenters. The fourth-order valence-electron chi connectivity index (χ4n) is 1.10. The molecule has 0 unspecified atom stereocenters. The van der Waals surface area contributed by atoms with Gasteiger partial charge < -0.3 is 10.8 Å². The Balaban J connectivity index is 2.93. The molecule has 0 saturated carbocycles. The number of anilines is 1. The van der Waals surface area contributed by atoms with Crippen molar-refractivity contribution >= 4 is 26.4 Å². The van der Waals surface area contributed by atoms with Crippen molar-refractivity contribution in [2.24, 2.45) is 0 Å². The van der Waals surface area contributed by atoms with Crippen molar-refractivity contribution in [2.45, 2.75) is 0 Å². The average Bonchev–Trinajstić information content (AvgIpc) is 2.41. The third-order valence-corrected chi connectivity index (χ3v) is 2.60. The molecule has 0 spiro atoms. The monoisotopic (exact) mass is 183 g/mol. The van der Waals surface area contributed by atoms with Gasteiger partial charge in [0.05, 0.1) is 9.70 Å². The Morgan fingerprint density at radius 2 is 2.17 bits per heavy atom. The third-order valence-electron chi connectivity index (χ3n) is 1.63. The van der Waals surface area contributed by atoms with E-state index in [2.05, 4.69) is 0 Å². The van der Waals surface area contributed by atoms with Gasteiger partial charge in [-0.25, -0.2) is 4.39 Å². The van der Waals surface area contributed by atoms with Crippen LogP contribution in [-0.2, 0) is 0 Å². The highest BCUT2D eigenvalue weighted by molar-refractivity contribution is 7.22. The van der Waals surface area contributed by atoms with E-state index in [1.165, 1.54) is 12.1 Å². The molecule has 1 aromatic heterocycles. The van der Waals surface area contributed by atoms with Gasteiger partial charge in [0.2, 0.25) is 0 Å². The van der Waals surface area contributed by atoms with Crippen molar-refractivity contribution in [1.29, 1.82) is 0 Å². The topological polar surface area (TPSA) is 46.2 Å². The van der Waals surface area contributed by atoms with E-state index in [0.29, 0.717) is 15.1 Å². The highest BCUT2D eigenvalue weighted by atomic mass is 32.1. The number of aromatic hydroxyl groups is 1. The lowest BCUT2D eigenvalue weighted by atomic mass is 10.2. The molecule has 0 aliphatic rings. The van der Waals surface area contributed by atoms with Crippen molar-refractivity contribution in [3.8, 4) is 5.75 Å². The number of hydrogen-bond acceptors (Lipinski definition) is 3. The number of thiophene rings is 1. The summed E-state index contributed by atoms with van der Waals surface area (Å²) in [5.74, 6) is -0.274. The molecule has 0 radical (unpaired) electrons. The molecule has 0 bridgehead atoms. The molecule has 0 amide bonds. The molecule has 0 aliphatic heterocycles. The van der Waals surface area contributed by atoms with Crippen LogP contribution in [0.5, 0.6) is 5.75 Å². The van der Waals surface area contributed by atoms with E-state index in [4.69, 9.17) is 5.73 Å². The van der Waals surface area contributed by atoms with E-state index in [9.17, 15) is 9.50 Å². The largest absolute Gasteiger partial charge is 0.507 e. The number of phenols is 1. The molecular formula is C8H6FNOS. The molecule has 4 heteroatoms. The van der Waals surface area contributed by atoms with Crippen LogP contribution in [0.2, 0.25) is 0 Å². The van der Waals surface area contributed by atoms with Crippen molar-refractivity contribution < 1.29 is 9.50 Å². The number of nitrogen functional groups attached to an aromatic ring is 1. The predicted octanol–water partition coefficient (Wildman–Crippen LogP) is 2.33. The maximum atomic E-state index is 13.0. The number of rotatable bonds is 0. The summed E-state index contributed by atoms with van der Waals surface area (Å²) in [6.07, 6.45) is 0. The van der Waals surface area contributed by atoms with Crippen LogP contribution in [0.4, 0.5) is 9.39 Å². The van der Waals surface area contributed by atoms with Crippen LogP contribution in [0.1, 0.15) is 0 Å². The molecule has 12 heavy (non-hydrogen) atoms. The van der Waals surface area contributed by atoms with Crippen molar-refractivity contribution in [1.82, 2.24) is 0 Å². The first-order valence-corrected chi connectivity index (χ1v) is 4.16. The van der Waals surface area contributed by atoms with Crippen molar-refractivity contribution in [2.75, 3.05) is 5.73 Å². The Hall–Kier alpha value is -1.29. The van der Waals surface area contributed by atoms with Crippen LogP contribution >= 0.6 is 11.3 Å². The van der Waals surface area contributed by atoms with Crippen molar-refractivity contribution in [3.63, 3.8) is 0 Å². The van der Waals surface area contributed by atoms with Gasteiger partial charge in [-0.1, -0.05) is 0 Å². The fraction of sp³-hybridized carbons (Fsp3) is 0. The van der Waals surface area contributed by atoms with Gasteiger partial charge >= 0.3 is 0 Å². The zero-order valence-electron chi connectivity index (χ0n) is 6.04. The van der Waals surface area contributed by atoms with Crippen LogP contribution in [0.15, 0.2) is 18.2 Å². The summed E-state index contributed by atoms with van der Waals surface area (Å²) in [5.41, 5.74) is 5.47. The van der Waals surface area contributed by atoms with E-state index in [1.807, 2.05) is 0 Å². The van der Waals surface area contributed by atoms with E-state index in [-0.39, 0.29) is 11.6 Å². The quantitative estimate of drug-likeness (QED) is 0.658. The Labute approximate surface area is 72.1 Å². The molecule has 2 aromatic rings.